The molecule has 0 aliphatic carbocycles. The van der Waals surface area contributed by atoms with Crippen LogP contribution >= 0.6 is 0 Å². The second-order valence-electron chi connectivity index (χ2n) is 4.50. The van der Waals surface area contributed by atoms with Gasteiger partial charge in [-0.25, -0.2) is 4.79 Å². The summed E-state index contributed by atoms with van der Waals surface area (Å²) in [5, 5.41) is 9.02. The monoisotopic (exact) mass is 266 g/mol. The Kier molecular flexibility index (Phi) is 4.09. The Balaban J connectivity index is 2.17. The fraction of sp³-hybridized carbons (Fsp3) is 0.538. The molecule has 1 atom stereocenters. The number of carbonyl (C=O) groups is 1. The molecule has 104 valence electrons. The van der Waals surface area contributed by atoms with E-state index in [0.29, 0.717) is 31.5 Å². The van der Waals surface area contributed by atoms with E-state index in [-0.39, 0.29) is 6.10 Å². The first-order valence-electron chi connectivity index (χ1n) is 6.37. The van der Waals surface area contributed by atoms with Crippen LogP contribution in [0.4, 0.5) is 4.79 Å². The van der Waals surface area contributed by atoms with Crippen LogP contribution in [0.5, 0.6) is 11.8 Å². The standard InChI is InChI=1S/C13H18N2O4/c1-3-9(2)19-11-5-4-10-8-15(13(16)17)6-7-18-12(10)14-11/h4-5,9H,3,6-8H2,1-2H3,(H,16,17)/t9-/m1/s1. The van der Waals surface area contributed by atoms with Crippen LogP contribution in [0.3, 0.4) is 0 Å². The summed E-state index contributed by atoms with van der Waals surface area (Å²) >= 11 is 0. The lowest BCUT2D eigenvalue weighted by molar-refractivity contribution is 0.137. The van der Waals surface area contributed by atoms with E-state index in [1.807, 2.05) is 13.8 Å². The number of carboxylic acid groups (broad SMARTS) is 1. The largest absolute Gasteiger partial charge is 0.475 e. The van der Waals surface area contributed by atoms with Gasteiger partial charge in [0.15, 0.2) is 0 Å². The van der Waals surface area contributed by atoms with Crippen molar-refractivity contribution in [1.82, 2.24) is 9.88 Å². The maximum Gasteiger partial charge on any atom is 0.407 e. The molecule has 0 radical (unpaired) electrons. The number of aromatic nitrogens is 1. The Hall–Kier alpha value is -1.98. The minimum Gasteiger partial charge on any atom is -0.475 e. The van der Waals surface area contributed by atoms with Crippen molar-refractivity contribution < 1.29 is 19.4 Å². The summed E-state index contributed by atoms with van der Waals surface area (Å²) in [6.45, 7) is 4.95. The van der Waals surface area contributed by atoms with Crippen molar-refractivity contribution in [2.45, 2.75) is 32.9 Å². The SMILES string of the molecule is CC[C@@H](C)Oc1ccc2c(n1)OCCN(C(=O)O)C2. The number of rotatable bonds is 3. The molecule has 2 heterocycles. The van der Waals surface area contributed by atoms with Crippen molar-refractivity contribution in [3.8, 4) is 11.8 Å². The molecule has 0 fully saturated rings. The molecule has 1 aliphatic rings. The third-order valence-corrected chi connectivity index (χ3v) is 3.04. The molecule has 0 saturated carbocycles. The second kappa shape index (κ2) is 5.77. The molecule has 1 aliphatic heterocycles. The molecule has 2 rings (SSSR count). The minimum atomic E-state index is -0.948. The Morgan fingerprint density at radius 2 is 2.42 bits per heavy atom. The van der Waals surface area contributed by atoms with Gasteiger partial charge in [-0.15, -0.1) is 0 Å². The Labute approximate surface area is 112 Å². The van der Waals surface area contributed by atoms with Gasteiger partial charge in [-0.1, -0.05) is 6.92 Å². The molecule has 19 heavy (non-hydrogen) atoms. The fourth-order valence-electron chi connectivity index (χ4n) is 1.75. The van der Waals surface area contributed by atoms with E-state index < -0.39 is 6.09 Å². The summed E-state index contributed by atoms with van der Waals surface area (Å²) in [7, 11) is 0. The Bertz CT molecular complexity index is 464. The fourth-order valence-corrected chi connectivity index (χ4v) is 1.75. The Morgan fingerprint density at radius 1 is 1.63 bits per heavy atom. The number of hydrogen-bond acceptors (Lipinski definition) is 4. The van der Waals surface area contributed by atoms with Crippen LogP contribution in [0, 0.1) is 0 Å². The van der Waals surface area contributed by atoms with Gasteiger partial charge < -0.3 is 19.5 Å². The molecule has 1 aromatic heterocycles. The lowest BCUT2D eigenvalue weighted by Crippen LogP contribution is -2.30. The first kappa shape index (κ1) is 13.5. The number of fused-ring (bicyclic) bond motifs is 1. The summed E-state index contributed by atoms with van der Waals surface area (Å²) in [5.41, 5.74) is 0.761. The molecular formula is C13H18N2O4. The first-order chi connectivity index (χ1) is 9.10. The van der Waals surface area contributed by atoms with E-state index >= 15 is 0 Å². The van der Waals surface area contributed by atoms with Gasteiger partial charge in [0, 0.05) is 11.6 Å². The maximum atomic E-state index is 11.0. The number of pyridine rings is 1. The van der Waals surface area contributed by atoms with Crippen molar-refractivity contribution in [1.29, 1.82) is 0 Å². The number of nitrogens with zero attached hydrogens (tertiary/aromatic N) is 2. The highest BCUT2D eigenvalue weighted by Crippen LogP contribution is 2.24. The zero-order chi connectivity index (χ0) is 13.8. The van der Waals surface area contributed by atoms with Crippen LogP contribution in [0.1, 0.15) is 25.8 Å². The topological polar surface area (TPSA) is 71.9 Å². The van der Waals surface area contributed by atoms with Crippen molar-refractivity contribution in [2.24, 2.45) is 0 Å². The van der Waals surface area contributed by atoms with Crippen molar-refractivity contribution in [3.63, 3.8) is 0 Å². The molecule has 0 saturated heterocycles. The van der Waals surface area contributed by atoms with Gasteiger partial charge in [0.1, 0.15) is 6.61 Å². The average molecular weight is 266 g/mol. The summed E-state index contributed by atoms with van der Waals surface area (Å²) in [4.78, 5) is 16.6. The molecular weight excluding hydrogens is 248 g/mol. The van der Waals surface area contributed by atoms with Crippen LogP contribution in [0.2, 0.25) is 0 Å². The van der Waals surface area contributed by atoms with Gasteiger partial charge in [0.05, 0.1) is 19.2 Å². The molecule has 6 heteroatoms. The Morgan fingerprint density at radius 3 is 3.11 bits per heavy atom. The summed E-state index contributed by atoms with van der Waals surface area (Å²) in [5.74, 6) is 0.974. The molecule has 1 amide bonds. The average Bonchev–Trinajstić information content (AvgIpc) is 2.60. The second-order valence-corrected chi connectivity index (χ2v) is 4.50. The number of hydrogen-bond donors (Lipinski definition) is 1. The van der Waals surface area contributed by atoms with Crippen molar-refractivity contribution >= 4 is 6.09 Å². The van der Waals surface area contributed by atoms with Gasteiger partial charge >= 0.3 is 6.09 Å². The van der Waals surface area contributed by atoms with Gasteiger partial charge in [-0.2, -0.15) is 4.98 Å². The minimum absolute atomic E-state index is 0.0897. The summed E-state index contributed by atoms with van der Waals surface area (Å²) in [6, 6.07) is 3.56. The molecule has 6 nitrogen and oxygen atoms in total. The van der Waals surface area contributed by atoms with Gasteiger partial charge in [0.25, 0.3) is 0 Å². The highest BCUT2D eigenvalue weighted by Gasteiger charge is 2.20. The number of ether oxygens (including phenoxy) is 2. The molecule has 0 unspecified atom stereocenters. The van der Waals surface area contributed by atoms with E-state index in [0.717, 1.165) is 12.0 Å². The molecule has 1 aromatic rings. The van der Waals surface area contributed by atoms with E-state index in [1.165, 1.54) is 4.90 Å². The van der Waals surface area contributed by atoms with Gasteiger partial charge in [-0.05, 0) is 19.4 Å². The van der Waals surface area contributed by atoms with Crippen LogP contribution < -0.4 is 9.47 Å². The lowest BCUT2D eigenvalue weighted by atomic mass is 10.2. The van der Waals surface area contributed by atoms with Crippen molar-refractivity contribution in [3.05, 3.63) is 17.7 Å². The smallest absolute Gasteiger partial charge is 0.407 e. The van der Waals surface area contributed by atoms with Gasteiger partial charge in [0.2, 0.25) is 11.8 Å². The predicted octanol–water partition coefficient (Wildman–Crippen LogP) is 2.13. The molecule has 0 spiro atoms. The van der Waals surface area contributed by atoms with Crippen molar-refractivity contribution in [2.75, 3.05) is 13.2 Å². The van der Waals surface area contributed by atoms with Crippen LogP contribution in [-0.4, -0.2) is 40.3 Å². The van der Waals surface area contributed by atoms with E-state index in [9.17, 15) is 4.79 Å². The lowest BCUT2D eigenvalue weighted by Gasteiger charge is -2.15. The molecule has 1 N–H and O–H groups in total. The zero-order valence-electron chi connectivity index (χ0n) is 11.1. The molecule has 0 bridgehead atoms. The summed E-state index contributed by atoms with van der Waals surface area (Å²) in [6.07, 6.45) is 0.0371. The first-order valence-corrected chi connectivity index (χ1v) is 6.37. The van der Waals surface area contributed by atoms with E-state index in [4.69, 9.17) is 14.6 Å². The normalized spacial score (nSPS) is 16.0. The maximum absolute atomic E-state index is 11.0. The highest BCUT2D eigenvalue weighted by molar-refractivity contribution is 5.65. The van der Waals surface area contributed by atoms with Gasteiger partial charge in [-0.3, -0.25) is 0 Å². The van der Waals surface area contributed by atoms with Crippen LogP contribution in [0.15, 0.2) is 12.1 Å². The highest BCUT2D eigenvalue weighted by atomic mass is 16.5. The third-order valence-electron chi connectivity index (χ3n) is 3.04. The molecule has 0 aromatic carbocycles. The van der Waals surface area contributed by atoms with E-state index in [2.05, 4.69) is 4.98 Å². The van der Waals surface area contributed by atoms with Crippen LogP contribution in [0.25, 0.3) is 0 Å². The number of amides is 1. The van der Waals surface area contributed by atoms with E-state index in [1.54, 1.807) is 12.1 Å². The quantitative estimate of drug-likeness (QED) is 0.907. The van der Waals surface area contributed by atoms with Crippen LogP contribution in [-0.2, 0) is 6.54 Å². The predicted molar refractivity (Wildman–Crippen MR) is 68.5 cm³/mol. The summed E-state index contributed by atoms with van der Waals surface area (Å²) < 4.78 is 11.1. The third kappa shape index (κ3) is 3.27. The zero-order valence-corrected chi connectivity index (χ0v) is 11.1.